The van der Waals surface area contributed by atoms with Crippen molar-refractivity contribution in [3.05, 3.63) is 0 Å². The largest absolute Gasteiger partial charge is 0.409 e. The number of morpholine rings is 1. The third-order valence-electron chi connectivity index (χ3n) is 4.63. The van der Waals surface area contributed by atoms with Crippen molar-refractivity contribution in [1.29, 1.82) is 0 Å². The van der Waals surface area contributed by atoms with Gasteiger partial charge in [0.15, 0.2) is 5.84 Å². The molecule has 2 rings (SSSR count). The minimum Gasteiger partial charge on any atom is -0.409 e. The molecule has 2 fully saturated rings. The molecule has 2 unspecified atom stereocenters. The molecule has 0 aromatic heterocycles. The molecule has 0 saturated carbocycles. The van der Waals surface area contributed by atoms with Crippen LogP contribution in [0.5, 0.6) is 0 Å². The van der Waals surface area contributed by atoms with E-state index in [1.54, 1.807) is 0 Å². The lowest BCUT2D eigenvalue weighted by Gasteiger charge is -2.40. The highest BCUT2D eigenvalue weighted by molar-refractivity contribution is 5.84. The van der Waals surface area contributed by atoms with E-state index < -0.39 is 0 Å². The van der Waals surface area contributed by atoms with Gasteiger partial charge >= 0.3 is 0 Å². The molecule has 2 heterocycles. The number of hydrogen-bond acceptors (Lipinski definition) is 6. The van der Waals surface area contributed by atoms with Gasteiger partial charge in [0, 0.05) is 45.8 Å². The SMILES string of the molecule is CCN1CCOC(CN2CCN(C(C)C(N)=NO)CC2)C1. The van der Waals surface area contributed by atoms with Crippen molar-refractivity contribution in [3.8, 4) is 0 Å². The van der Waals surface area contributed by atoms with Crippen LogP contribution >= 0.6 is 0 Å². The minimum atomic E-state index is -0.00124. The first-order valence-electron chi connectivity index (χ1n) is 7.91. The number of piperazine rings is 1. The lowest BCUT2D eigenvalue weighted by Crippen LogP contribution is -2.55. The van der Waals surface area contributed by atoms with Crippen LogP contribution in [0.15, 0.2) is 5.16 Å². The highest BCUT2D eigenvalue weighted by atomic mass is 16.5. The van der Waals surface area contributed by atoms with E-state index in [1.165, 1.54) is 0 Å². The maximum Gasteiger partial charge on any atom is 0.156 e. The van der Waals surface area contributed by atoms with Crippen molar-refractivity contribution < 1.29 is 9.94 Å². The Morgan fingerprint density at radius 1 is 1.29 bits per heavy atom. The zero-order chi connectivity index (χ0) is 15.2. The van der Waals surface area contributed by atoms with Crippen LogP contribution in [0.1, 0.15) is 13.8 Å². The molecule has 3 N–H and O–H groups in total. The maximum atomic E-state index is 8.76. The number of nitrogens with two attached hydrogens (primary N) is 1. The Morgan fingerprint density at radius 3 is 2.62 bits per heavy atom. The summed E-state index contributed by atoms with van der Waals surface area (Å²) in [4.78, 5) is 7.16. The van der Waals surface area contributed by atoms with Gasteiger partial charge in [-0.1, -0.05) is 12.1 Å². The molecule has 0 radical (unpaired) electrons. The van der Waals surface area contributed by atoms with Crippen molar-refractivity contribution >= 4 is 5.84 Å². The van der Waals surface area contributed by atoms with E-state index in [9.17, 15) is 0 Å². The Hall–Kier alpha value is -0.890. The Bertz CT molecular complexity index is 344. The molecule has 122 valence electrons. The third kappa shape index (κ3) is 4.54. The molecule has 7 heteroatoms. The van der Waals surface area contributed by atoms with Crippen LogP contribution in [-0.4, -0.2) is 96.9 Å². The third-order valence-corrected chi connectivity index (χ3v) is 4.63. The van der Waals surface area contributed by atoms with E-state index in [0.717, 1.165) is 59.0 Å². The highest BCUT2D eigenvalue weighted by Gasteiger charge is 2.26. The number of nitrogens with zero attached hydrogens (tertiary/aromatic N) is 4. The summed E-state index contributed by atoms with van der Waals surface area (Å²) in [6, 6.07) is -0.00124. The fraction of sp³-hybridized carbons (Fsp3) is 0.929. The average molecular weight is 299 g/mol. The van der Waals surface area contributed by atoms with Crippen molar-refractivity contribution in [2.45, 2.75) is 26.0 Å². The number of ether oxygens (including phenoxy) is 1. The summed E-state index contributed by atoms with van der Waals surface area (Å²) < 4.78 is 5.87. The van der Waals surface area contributed by atoms with Crippen LogP contribution in [-0.2, 0) is 4.74 Å². The molecular formula is C14H29N5O2. The van der Waals surface area contributed by atoms with Gasteiger partial charge in [0.05, 0.1) is 18.8 Å². The lowest BCUT2D eigenvalue weighted by atomic mass is 10.2. The van der Waals surface area contributed by atoms with Gasteiger partial charge in [-0.25, -0.2) is 0 Å². The van der Waals surface area contributed by atoms with E-state index in [4.69, 9.17) is 15.7 Å². The van der Waals surface area contributed by atoms with Gasteiger partial charge in [0.25, 0.3) is 0 Å². The van der Waals surface area contributed by atoms with Crippen molar-refractivity contribution in [3.63, 3.8) is 0 Å². The predicted octanol–water partition coefficient (Wildman–Crippen LogP) is -0.540. The Morgan fingerprint density at radius 2 is 2.00 bits per heavy atom. The standard InChI is InChI=1S/C14H29N5O2/c1-3-17-8-9-21-13(10-17)11-18-4-6-19(7-5-18)12(2)14(15)16-20/h12-13,20H,3-11H2,1-2H3,(H2,15,16). The summed E-state index contributed by atoms with van der Waals surface area (Å²) in [7, 11) is 0. The molecule has 0 aromatic rings. The normalized spacial score (nSPS) is 28.7. The van der Waals surface area contributed by atoms with E-state index in [1.807, 2.05) is 6.92 Å². The molecule has 7 nitrogen and oxygen atoms in total. The molecule has 2 atom stereocenters. The fourth-order valence-electron chi connectivity index (χ4n) is 3.07. The molecule has 21 heavy (non-hydrogen) atoms. The predicted molar refractivity (Wildman–Crippen MR) is 82.7 cm³/mol. The Labute approximate surface area is 127 Å². The molecule has 0 bridgehead atoms. The summed E-state index contributed by atoms with van der Waals surface area (Å²) in [6.45, 7) is 13.1. The number of amidine groups is 1. The van der Waals surface area contributed by atoms with Gasteiger partial charge in [-0.3, -0.25) is 14.7 Å². The van der Waals surface area contributed by atoms with Gasteiger partial charge < -0.3 is 15.7 Å². The van der Waals surface area contributed by atoms with Crippen LogP contribution in [0, 0.1) is 0 Å². The van der Waals surface area contributed by atoms with E-state index in [0.29, 0.717) is 6.10 Å². The molecule has 0 amide bonds. The highest BCUT2D eigenvalue weighted by Crippen LogP contribution is 2.11. The minimum absolute atomic E-state index is 0.00124. The smallest absolute Gasteiger partial charge is 0.156 e. The summed E-state index contributed by atoms with van der Waals surface area (Å²) in [5.41, 5.74) is 5.68. The summed E-state index contributed by atoms with van der Waals surface area (Å²) in [5, 5.41) is 11.9. The van der Waals surface area contributed by atoms with E-state index in [-0.39, 0.29) is 11.9 Å². The second-order valence-electron chi connectivity index (χ2n) is 5.92. The number of rotatable bonds is 5. The first kappa shape index (κ1) is 16.5. The molecule has 2 saturated heterocycles. The monoisotopic (exact) mass is 299 g/mol. The number of likely N-dealkylation sites (N-methyl/N-ethyl adjacent to an activating group) is 1. The van der Waals surface area contributed by atoms with Crippen LogP contribution in [0.3, 0.4) is 0 Å². The van der Waals surface area contributed by atoms with Crippen LogP contribution in [0.4, 0.5) is 0 Å². The molecule has 2 aliphatic rings. The van der Waals surface area contributed by atoms with Crippen molar-refractivity contribution in [2.24, 2.45) is 10.9 Å². The second kappa shape index (κ2) is 7.93. The summed E-state index contributed by atoms with van der Waals surface area (Å²) >= 11 is 0. The summed E-state index contributed by atoms with van der Waals surface area (Å²) in [6.07, 6.45) is 0.326. The quantitative estimate of drug-likeness (QED) is 0.307. The Balaban J connectivity index is 1.74. The maximum absolute atomic E-state index is 8.76. The van der Waals surface area contributed by atoms with E-state index in [2.05, 4.69) is 26.8 Å². The molecule has 0 spiro atoms. The number of oxime groups is 1. The van der Waals surface area contributed by atoms with Crippen LogP contribution < -0.4 is 5.73 Å². The van der Waals surface area contributed by atoms with Crippen molar-refractivity contribution in [1.82, 2.24) is 14.7 Å². The molecule has 0 aliphatic carbocycles. The molecule has 0 aromatic carbocycles. The van der Waals surface area contributed by atoms with Gasteiger partial charge in [-0.15, -0.1) is 0 Å². The van der Waals surface area contributed by atoms with Gasteiger partial charge in [-0.2, -0.15) is 0 Å². The number of hydrogen-bond donors (Lipinski definition) is 2. The summed E-state index contributed by atoms with van der Waals surface area (Å²) in [5.74, 6) is 0.289. The average Bonchev–Trinajstić information content (AvgIpc) is 2.54. The first-order valence-corrected chi connectivity index (χ1v) is 7.91. The first-order chi connectivity index (χ1) is 10.1. The molecule has 2 aliphatic heterocycles. The lowest BCUT2D eigenvalue weighted by molar-refractivity contribution is -0.0472. The van der Waals surface area contributed by atoms with Gasteiger partial charge in [0.1, 0.15) is 0 Å². The topological polar surface area (TPSA) is 77.6 Å². The van der Waals surface area contributed by atoms with Gasteiger partial charge in [-0.05, 0) is 13.5 Å². The second-order valence-corrected chi connectivity index (χ2v) is 5.92. The molecular weight excluding hydrogens is 270 g/mol. The fourth-order valence-corrected chi connectivity index (χ4v) is 3.07. The van der Waals surface area contributed by atoms with Crippen LogP contribution in [0.25, 0.3) is 0 Å². The zero-order valence-corrected chi connectivity index (χ0v) is 13.2. The van der Waals surface area contributed by atoms with Crippen LogP contribution in [0.2, 0.25) is 0 Å². The van der Waals surface area contributed by atoms with E-state index >= 15 is 0 Å². The Kier molecular flexibility index (Phi) is 6.22. The van der Waals surface area contributed by atoms with Gasteiger partial charge in [0.2, 0.25) is 0 Å². The van der Waals surface area contributed by atoms with Crippen molar-refractivity contribution in [2.75, 3.05) is 59.0 Å². The zero-order valence-electron chi connectivity index (χ0n) is 13.2.